The van der Waals surface area contributed by atoms with Crippen LogP contribution in [0.3, 0.4) is 0 Å². The van der Waals surface area contributed by atoms with Gasteiger partial charge in [0.25, 0.3) is 0 Å². The van der Waals surface area contributed by atoms with Crippen LogP contribution in [0.4, 0.5) is 0 Å². The van der Waals surface area contributed by atoms with E-state index in [4.69, 9.17) is 19.2 Å². The van der Waals surface area contributed by atoms with Gasteiger partial charge in [-0.05, 0) is 56.1 Å². The molecule has 12 heteroatoms. The summed E-state index contributed by atoms with van der Waals surface area (Å²) in [5.41, 5.74) is -1.54. The number of hydrogen-bond donors (Lipinski definition) is 6. The number of aliphatic hydroxyl groups excluding tert-OH is 2. The molecule has 4 aliphatic rings. The van der Waals surface area contributed by atoms with Gasteiger partial charge in [0.1, 0.15) is 12.2 Å². The average molecular weight is 506 g/mol. The maximum absolute atomic E-state index is 12.4. The molecule has 3 fully saturated rings. The number of Topliss-reactive ketones (excluding diaryl/α,β-unsaturated/α-hetero) is 1. The van der Waals surface area contributed by atoms with E-state index in [1.54, 1.807) is 12.2 Å². The molecule has 0 bridgehead atoms. The Labute approximate surface area is 237 Å². The standard InChI is InChI=1S/C21H28O5.2Na.H3O4P.2H/c1-19-7-5-13(23)9-12(19)3-4-14-15-6-8-21(26,17(25)11-22)20(15,2)10-16(24)18(14)19;;;1-5(2,3)4;;/h5,7,9,14-16,18,22,24,26H,3-4,6,8,10-11H2,1-2H3;;;(H3,1,2,3,4);;/t14-,15-,16-,18+,19-,20-,21-;;;;;/m0...../s1. The Balaban J connectivity index is 0.000000707. The molecule has 0 heterocycles. The minimum atomic E-state index is -4.64. The fraction of sp³-hybridized carbons (Fsp3) is 0.714. The van der Waals surface area contributed by atoms with Crippen LogP contribution in [-0.2, 0) is 14.2 Å². The molecule has 9 nitrogen and oxygen atoms in total. The molecule has 6 N–H and O–H groups in total. The second-order valence-corrected chi connectivity index (χ2v) is 10.7. The van der Waals surface area contributed by atoms with Crippen LogP contribution in [0.5, 0.6) is 0 Å². The van der Waals surface area contributed by atoms with Gasteiger partial charge in [0, 0.05) is 16.7 Å². The fourth-order valence-electron chi connectivity index (χ4n) is 6.92. The molecule has 3 saturated carbocycles. The Morgan fingerprint density at radius 3 is 2.30 bits per heavy atom. The van der Waals surface area contributed by atoms with Crippen LogP contribution < -0.4 is 0 Å². The molecular weight excluding hydrogens is 473 g/mol. The number of rotatable bonds is 2. The molecule has 0 unspecified atom stereocenters. The SMILES string of the molecule is C[C@]12C=CC(=O)C=C1CC[C@@H]1[C@@H]2[C@@H](O)C[C@@]2(C)[C@H]1CC[C@]2(O)C(=O)CO.O=P(O)(O)O.[NaH].[NaH]. The molecule has 0 aromatic carbocycles. The van der Waals surface area contributed by atoms with E-state index in [9.17, 15) is 24.9 Å². The first kappa shape index (κ1) is 31.8. The Morgan fingerprint density at radius 2 is 1.76 bits per heavy atom. The number of carbonyl (C=O) groups excluding carboxylic acids is 2. The summed E-state index contributed by atoms with van der Waals surface area (Å²) in [5.74, 6) is -0.227. The van der Waals surface area contributed by atoms with E-state index in [1.807, 2.05) is 13.0 Å². The first-order chi connectivity index (χ1) is 14.2. The van der Waals surface area contributed by atoms with Gasteiger partial charge in [-0.25, -0.2) is 4.57 Å². The topological polar surface area (TPSA) is 173 Å². The van der Waals surface area contributed by atoms with Crippen molar-refractivity contribution < 1.29 is 44.2 Å². The number of ketones is 2. The van der Waals surface area contributed by atoms with Crippen molar-refractivity contribution in [2.24, 2.45) is 28.6 Å². The number of phosphoric acid groups is 1. The third-order valence-corrected chi connectivity index (χ3v) is 8.25. The van der Waals surface area contributed by atoms with E-state index < -0.39 is 37.3 Å². The van der Waals surface area contributed by atoms with Gasteiger partial charge in [-0.1, -0.05) is 25.5 Å². The van der Waals surface area contributed by atoms with Gasteiger partial charge in [-0.3, -0.25) is 9.59 Å². The van der Waals surface area contributed by atoms with E-state index in [0.717, 1.165) is 24.8 Å². The van der Waals surface area contributed by atoms with Crippen LogP contribution in [-0.4, -0.2) is 119 Å². The van der Waals surface area contributed by atoms with Crippen LogP contribution in [0.25, 0.3) is 0 Å². The van der Waals surface area contributed by atoms with Crippen molar-refractivity contribution in [2.75, 3.05) is 6.61 Å². The van der Waals surface area contributed by atoms with Crippen molar-refractivity contribution in [3.05, 3.63) is 23.8 Å². The van der Waals surface area contributed by atoms with Crippen LogP contribution in [0, 0.1) is 28.6 Å². The summed E-state index contributed by atoms with van der Waals surface area (Å²) in [6.07, 6.45) is 7.68. The zero-order chi connectivity index (χ0) is 23.4. The van der Waals surface area contributed by atoms with Crippen molar-refractivity contribution in [3.8, 4) is 0 Å². The van der Waals surface area contributed by atoms with Crippen LogP contribution in [0.2, 0.25) is 0 Å². The van der Waals surface area contributed by atoms with Gasteiger partial charge < -0.3 is 30.0 Å². The number of fused-ring (bicyclic) bond motifs is 5. The summed E-state index contributed by atoms with van der Waals surface area (Å²) in [6.45, 7) is 3.34. The van der Waals surface area contributed by atoms with Crippen LogP contribution in [0.1, 0.15) is 46.0 Å². The van der Waals surface area contributed by atoms with Gasteiger partial charge >= 0.3 is 66.9 Å². The van der Waals surface area contributed by atoms with Crippen LogP contribution >= 0.6 is 7.82 Å². The second-order valence-electron chi connectivity index (χ2n) is 9.71. The monoisotopic (exact) mass is 506 g/mol. The van der Waals surface area contributed by atoms with Crippen molar-refractivity contribution in [3.63, 3.8) is 0 Å². The number of carbonyl (C=O) groups is 2. The van der Waals surface area contributed by atoms with Crippen molar-refractivity contribution >= 4 is 78.5 Å². The minimum absolute atomic E-state index is 0. The summed E-state index contributed by atoms with van der Waals surface area (Å²) in [5, 5.41) is 31.7. The average Bonchev–Trinajstić information content (AvgIpc) is 2.91. The molecule has 4 aliphatic carbocycles. The van der Waals surface area contributed by atoms with Gasteiger partial charge in [0.15, 0.2) is 11.6 Å². The predicted octanol–water partition coefficient (Wildman–Crippen LogP) is -0.668. The second kappa shape index (κ2) is 11.1. The molecule has 4 rings (SSSR count). The maximum atomic E-state index is 12.4. The summed E-state index contributed by atoms with van der Waals surface area (Å²) in [4.78, 5) is 45.7. The Kier molecular flexibility index (Phi) is 10.7. The third kappa shape index (κ3) is 5.72. The number of allylic oxidation sites excluding steroid dienone is 4. The summed E-state index contributed by atoms with van der Waals surface area (Å²) >= 11 is 0. The molecule has 0 amide bonds. The van der Waals surface area contributed by atoms with E-state index in [2.05, 4.69) is 6.92 Å². The Bertz CT molecular complexity index is 879. The fourth-order valence-corrected chi connectivity index (χ4v) is 6.92. The molecule has 0 aromatic heterocycles. The third-order valence-electron chi connectivity index (χ3n) is 8.25. The first-order valence-corrected chi connectivity index (χ1v) is 12.0. The molecule has 0 aliphatic heterocycles. The summed E-state index contributed by atoms with van der Waals surface area (Å²) < 4.78 is 8.88. The summed E-state index contributed by atoms with van der Waals surface area (Å²) in [6, 6.07) is 0. The van der Waals surface area contributed by atoms with E-state index in [-0.39, 0.29) is 88.1 Å². The zero-order valence-electron chi connectivity index (χ0n) is 17.6. The molecule has 0 spiro atoms. The Morgan fingerprint density at radius 1 is 1.18 bits per heavy atom. The van der Waals surface area contributed by atoms with E-state index >= 15 is 0 Å². The quantitative estimate of drug-likeness (QED) is 0.210. The van der Waals surface area contributed by atoms with Crippen molar-refractivity contribution in [2.45, 2.75) is 57.7 Å². The molecule has 7 atom stereocenters. The zero-order valence-corrected chi connectivity index (χ0v) is 18.5. The van der Waals surface area contributed by atoms with E-state index in [0.29, 0.717) is 12.8 Å². The first-order valence-electron chi connectivity index (χ1n) is 10.4. The molecular formula is C21H33Na2O9P. The molecule has 0 saturated heterocycles. The summed E-state index contributed by atoms with van der Waals surface area (Å²) in [7, 11) is -4.64. The number of hydrogen-bond acceptors (Lipinski definition) is 6. The van der Waals surface area contributed by atoms with Gasteiger partial charge in [-0.2, -0.15) is 0 Å². The number of aliphatic hydroxyl groups is 3. The molecule has 178 valence electrons. The van der Waals surface area contributed by atoms with Crippen molar-refractivity contribution in [1.82, 2.24) is 0 Å². The molecule has 0 radical (unpaired) electrons. The normalized spacial score (nSPS) is 41.1. The van der Waals surface area contributed by atoms with Crippen LogP contribution in [0.15, 0.2) is 23.8 Å². The Hall–Kier alpha value is 0.810. The van der Waals surface area contributed by atoms with Gasteiger partial charge in [0.2, 0.25) is 0 Å². The molecule has 33 heavy (non-hydrogen) atoms. The van der Waals surface area contributed by atoms with Gasteiger partial charge in [0.05, 0.1) is 6.10 Å². The molecule has 0 aromatic rings. The van der Waals surface area contributed by atoms with Crippen molar-refractivity contribution in [1.29, 1.82) is 0 Å². The predicted molar refractivity (Wildman–Crippen MR) is 124 cm³/mol. The van der Waals surface area contributed by atoms with Gasteiger partial charge in [-0.15, -0.1) is 0 Å². The van der Waals surface area contributed by atoms with E-state index in [1.165, 1.54) is 0 Å².